The number of nitrogens with two attached hydrogens (primary N) is 1. The number of nitro groups is 2. The first-order valence-corrected chi connectivity index (χ1v) is 7.80. The lowest BCUT2D eigenvalue weighted by Crippen LogP contribution is -2.11. The predicted octanol–water partition coefficient (Wildman–Crippen LogP) is 3.94. The van der Waals surface area contributed by atoms with Crippen molar-refractivity contribution < 1.29 is 14.6 Å². The lowest BCUT2D eigenvalue weighted by molar-refractivity contribution is -0.385. The second-order valence-corrected chi connectivity index (χ2v) is 5.77. The molecular formula is C19H13N3O5. The number of hydrogen-bond donors (Lipinski definition) is 1. The van der Waals surface area contributed by atoms with Crippen molar-refractivity contribution in [3.63, 3.8) is 0 Å². The van der Waals surface area contributed by atoms with Crippen molar-refractivity contribution in [3.8, 4) is 22.3 Å². The third-order valence-corrected chi connectivity index (χ3v) is 4.04. The van der Waals surface area contributed by atoms with Crippen molar-refractivity contribution in [3.05, 3.63) is 92.5 Å². The molecule has 0 aromatic heterocycles. The van der Waals surface area contributed by atoms with Crippen molar-refractivity contribution in [1.29, 1.82) is 0 Å². The van der Waals surface area contributed by atoms with E-state index in [1.54, 1.807) is 42.5 Å². The highest BCUT2D eigenvalue weighted by molar-refractivity contribution is 5.96. The van der Waals surface area contributed by atoms with Gasteiger partial charge in [-0.25, -0.2) is 0 Å². The van der Waals surface area contributed by atoms with E-state index in [1.165, 1.54) is 24.3 Å². The quantitative estimate of drug-likeness (QED) is 0.542. The van der Waals surface area contributed by atoms with Gasteiger partial charge in [0, 0.05) is 29.8 Å². The Balaban J connectivity index is 2.08. The van der Waals surface area contributed by atoms with Crippen molar-refractivity contribution in [1.82, 2.24) is 0 Å². The summed E-state index contributed by atoms with van der Waals surface area (Å²) in [6.45, 7) is 0. The topological polar surface area (TPSA) is 129 Å². The molecule has 0 aliphatic heterocycles. The van der Waals surface area contributed by atoms with Crippen LogP contribution in [-0.2, 0) is 0 Å². The van der Waals surface area contributed by atoms with Gasteiger partial charge in [0.05, 0.1) is 9.85 Å². The van der Waals surface area contributed by atoms with E-state index in [2.05, 4.69) is 0 Å². The molecule has 3 aromatic carbocycles. The van der Waals surface area contributed by atoms with Crippen molar-refractivity contribution in [2.75, 3.05) is 0 Å². The molecule has 27 heavy (non-hydrogen) atoms. The summed E-state index contributed by atoms with van der Waals surface area (Å²) in [7, 11) is 0. The minimum atomic E-state index is -0.623. The maximum absolute atomic E-state index is 11.7. The third-order valence-electron chi connectivity index (χ3n) is 4.04. The molecular weight excluding hydrogens is 350 g/mol. The summed E-state index contributed by atoms with van der Waals surface area (Å²) in [5.41, 5.74) is 8.24. The first-order chi connectivity index (χ1) is 12.8. The number of rotatable bonds is 5. The Morgan fingerprint density at radius 1 is 0.667 bits per heavy atom. The molecule has 0 atom stereocenters. The smallest absolute Gasteiger partial charge is 0.269 e. The lowest BCUT2D eigenvalue weighted by Gasteiger charge is -2.09. The van der Waals surface area contributed by atoms with E-state index in [0.29, 0.717) is 22.3 Å². The van der Waals surface area contributed by atoms with Gasteiger partial charge < -0.3 is 5.73 Å². The third kappa shape index (κ3) is 3.79. The molecule has 0 aliphatic rings. The number of carbonyl (C=O) groups is 1. The highest BCUT2D eigenvalue weighted by atomic mass is 16.6. The maximum Gasteiger partial charge on any atom is 0.269 e. The van der Waals surface area contributed by atoms with Gasteiger partial charge in [0.2, 0.25) is 5.91 Å². The average Bonchev–Trinajstić information content (AvgIpc) is 2.67. The Morgan fingerprint density at radius 3 is 1.33 bits per heavy atom. The molecule has 1 amide bonds. The zero-order chi connectivity index (χ0) is 19.6. The van der Waals surface area contributed by atoms with Crippen LogP contribution in [0.1, 0.15) is 10.4 Å². The monoisotopic (exact) mass is 363 g/mol. The fourth-order valence-electron chi connectivity index (χ4n) is 2.65. The van der Waals surface area contributed by atoms with Crippen LogP contribution in [0.3, 0.4) is 0 Å². The van der Waals surface area contributed by atoms with Crippen molar-refractivity contribution in [2.24, 2.45) is 5.73 Å². The number of nitro benzene ring substituents is 2. The number of carbonyl (C=O) groups excluding carboxylic acids is 1. The maximum atomic E-state index is 11.7. The minimum absolute atomic E-state index is 0.0413. The van der Waals surface area contributed by atoms with Crippen LogP contribution in [0.5, 0.6) is 0 Å². The fourth-order valence-corrected chi connectivity index (χ4v) is 2.65. The van der Waals surface area contributed by atoms with E-state index in [-0.39, 0.29) is 16.9 Å². The first-order valence-electron chi connectivity index (χ1n) is 7.80. The molecule has 0 radical (unpaired) electrons. The van der Waals surface area contributed by atoms with E-state index in [0.717, 1.165) is 0 Å². The Labute approximate surface area is 153 Å². The summed E-state index contributed by atoms with van der Waals surface area (Å²) >= 11 is 0. The second-order valence-electron chi connectivity index (χ2n) is 5.77. The minimum Gasteiger partial charge on any atom is -0.366 e. The van der Waals surface area contributed by atoms with Gasteiger partial charge in [-0.15, -0.1) is 0 Å². The molecule has 0 aliphatic carbocycles. The van der Waals surface area contributed by atoms with Crippen LogP contribution >= 0.6 is 0 Å². The average molecular weight is 363 g/mol. The lowest BCUT2D eigenvalue weighted by atomic mass is 9.95. The Hall–Kier alpha value is -4.07. The summed E-state index contributed by atoms with van der Waals surface area (Å²) in [6, 6.07) is 16.8. The number of benzene rings is 3. The van der Waals surface area contributed by atoms with Gasteiger partial charge in [0.25, 0.3) is 11.4 Å². The summed E-state index contributed by atoms with van der Waals surface area (Å²) in [5.74, 6) is -0.623. The standard InChI is InChI=1S/C19H13N3O5/c20-19(23)16-10-14(12-1-5-17(6-2-12)21(24)25)9-15(11-16)13-3-7-18(8-4-13)22(26)27/h1-11H,(H2,20,23). The zero-order valence-electron chi connectivity index (χ0n) is 13.9. The van der Waals surface area contributed by atoms with Gasteiger partial charge in [-0.05, 0) is 64.7 Å². The van der Waals surface area contributed by atoms with Crippen molar-refractivity contribution >= 4 is 17.3 Å². The highest BCUT2D eigenvalue weighted by Gasteiger charge is 2.12. The molecule has 0 saturated carbocycles. The van der Waals surface area contributed by atoms with E-state index < -0.39 is 15.8 Å². The fraction of sp³-hybridized carbons (Fsp3) is 0. The predicted molar refractivity (Wildman–Crippen MR) is 99.1 cm³/mol. The molecule has 0 heterocycles. The second kappa shape index (κ2) is 7.04. The summed E-state index contributed by atoms with van der Waals surface area (Å²) in [5, 5.41) is 21.6. The van der Waals surface area contributed by atoms with Gasteiger partial charge in [-0.2, -0.15) is 0 Å². The largest absolute Gasteiger partial charge is 0.366 e. The van der Waals surface area contributed by atoms with Gasteiger partial charge in [-0.3, -0.25) is 25.0 Å². The zero-order valence-corrected chi connectivity index (χ0v) is 13.9. The molecule has 8 heteroatoms. The van der Waals surface area contributed by atoms with Gasteiger partial charge in [0.15, 0.2) is 0 Å². The molecule has 0 spiro atoms. The molecule has 0 unspecified atom stereocenters. The number of amides is 1. The molecule has 2 N–H and O–H groups in total. The molecule has 3 rings (SSSR count). The summed E-state index contributed by atoms with van der Waals surface area (Å²) in [4.78, 5) is 32.3. The molecule has 0 bridgehead atoms. The Bertz CT molecular complexity index is 968. The molecule has 134 valence electrons. The molecule has 0 saturated heterocycles. The highest BCUT2D eigenvalue weighted by Crippen LogP contribution is 2.30. The first kappa shape index (κ1) is 17.7. The normalized spacial score (nSPS) is 10.4. The van der Waals surface area contributed by atoms with E-state index in [9.17, 15) is 25.0 Å². The van der Waals surface area contributed by atoms with Gasteiger partial charge >= 0.3 is 0 Å². The molecule has 3 aromatic rings. The van der Waals surface area contributed by atoms with Crippen LogP contribution in [0.2, 0.25) is 0 Å². The van der Waals surface area contributed by atoms with Crippen LogP contribution in [-0.4, -0.2) is 15.8 Å². The number of primary amides is 1. The summed E-state index contributed by atoms with van der Waals surface area (Å²) in [6.07, 6.45) is 0. The Kier molecular flexibility index (Phi) is 4.63. The van der Waals surface area contributed by atoms with Crippen molar-refractivity contribution in [2.45, 2.75) is 0 Å². The van der Waals surface area contributed by atoms with Crippen LogP contribution in [0.15, 0.2) is 66.7 Å². The van der Waals surface area contributed by atoms with Crippen LogP contribution in [0.4, 0.5) is 11.4 Å². The number of non-ortho nitro benzene ring substituents is 2. The van der Waals surface area contributed by atoms with Crippen LogP contribution in [0.25, 0.3) is 22.3 Å². The SMILES string of the molecule is NC(=O)c1cc(-c2ccc([N+](=O)[O-])cc2)cc(-c2ccc([N+](=O)[O-])cc2)c1. The number of hydrogen-bond acceptors (Lipinski definition) is 5. The molecule has 8 nitrogen and oxygen atoms in total. The van der Waals surface area contributed by atoms with Gasteiger partial charge in [-0.1, -0.05) is 0 Å². The number of nitrogens with zero attached hydrogens (tertiary/aromatic N) is 2. The van der Waals surface area contributed by atoms with Crippen LogP contribution < -0.4 is 5.73 Å². The van der Waals surface area contributed by atoms with Crippen LogP contribution in [0, 0.1) is 20.2 Å². The van der Waals surface area contributed by atoms with E-state index >= 15 is 0 Å². The van der Waals surface area contributed by atoms with Gasteiger partial charge in [0.1, 0.15) is 0 Å². The Morgan fingerprint density at radius 2 is 1.04 bits per heavy atom. The summed E-state index contributed by atoms with van der Waals surface area (Å²) < 4.78 is 0. The van der Waals surface area contributed by atoms with E-state index in [4.69, 9.17) is 5.73 Å². The van der Waals surface area contributed by atoms with E-state index in [1.807, 2.05) is 0 Å². The molecule has 0 fully saturated rings.